The summed E-state index contributed by atoms with van der Waals surface area (Å²) in [6.45, 7) is 0. The lowest BCUT2D eigenvalue weighted by Crippen LogP contribution is -1.77. The molecule has 2 aromatic rings. The average Bonchev–Trinajstić information content (AvgIpc) is 2.59. The molecular formula is C8H6N2S2. The van der Waals surface area contributed by atoms with Crippen molar-refractivity contribution in [1.29, 1.82) is 0 Å². The van der Waals surface area contributed by atoms with E-state index in [1.54, 1.807) is 35.6 Å². The first kappa shape index (κ1) is 7.76. The van der Waals surface area contributed by atoms with E-state index in [1.807, 2.05) is 12.1 Å². The van der Waals surface area contributed by atoms with Gasteiger partial charge in [0, 0.05) is 6.20 Å². The smallest absolute Gasteiger partial charge is 0.116 e. The lowest BCUT2D eigenvalue weighted by atomic mass is 10.7. The van der Waals surface area contributed by atoms with Gasteiger partial charge in [-0.05, 0) is 17.5 Å². The van der Waals surface area contributed by atoms with Crippen LogP contribution in [0.1, 0.15) is 0 Å². The molecule has 0 spiro atoms. The van der Waals surface area contributed by atoms with Crippen molar-refractivity contribution in [2.24, 2.45) is 0 Å². The molecule has 4 heteroatoms. The van der Waals surface area contributed by atoms with Crippen LogP contribution in [0.25, 0.3) is 0 Å². The summed E-state index contributed by atoms with van der Waals surface area (Å²) in [6.07, 6.45) is 3.32. The Morgan fingerprint density at radius 1 is 1.33 bits per heavy atom. The molecule has 2 rings (SSSR count). The van der Waals surface area contributed by atoms with Crippen LogP contribution in [0.3, 0.4) is 0 Å². The molecule has 0 saturated heterocycles. The molecule has 0 N–H and O–H groups in total. The van der Waals surface area contributed by atoms with E-state index in [1.165, 1.54) is 4.21 Å². The molecule has 0 aromatic carbocycles. The highest BCUT2D eigenvalue weighted by Gasteiger charge is 1.97. The standard InChI is InChI=1S/C8H6N2S2/c1-2-8(11-5-1)12-7-3-4-9-6-10-7/h1-6H. The van der Waals surface area contributed by atoms with Crippen LogP contribution in [0.2, 0.25) is 0 Å². The second-order valence-corrected chi connectivity index (χ2v) is 4.35. The molecular weight excluding hydrogens is 188 g/mol. The van der Waals surface area contributed by atoms with Crippen LogP contribution in [0.5, 0.6) is 0 Å². The average molecular weight is 194 g/mol. The molecule has 0 atom stereocenters. The molecule has 0 radical (unpaired) electrons. The van der Waals surface area contributed by atoms with E-state index in [4.69, 9.17) is 0 Å². The number of nitrogens with zero attached hydrogens (tertiary/aromatic N) is 2. The van der Waals surface area contributed by atoms with Gasteiger partial charge in [-0.25, -0.2) is 9.97 Å². The maximum atomic E-state index is 4.11. The zero-order valence-corrected chi connectivity index (χ0v) is 7.81. The molecule has 60 valence electrons. The third-order valence-electron chi connectivity index (χ3n) is 1.26. The van der Waals surface area contributed by atoms with E-state index in [0.717, 1.165) is 5.03 Å². The molecule has 0 unspecified atom stereocenters. The highest BCUT2D eigenvalue weighted by Crippen LogP contribution is 2.28. The zero-order valence-electron chi connectivity index (χ0n) is 6.18. The van der Waals surface area contributed by atoms with E-state index >= 15 is 0 Å². The van der Waals surface area contributed by atoms with Crippen LogP contribution in [-0.4, -0.2) is 9.97 Å². The summed E-state index contributed by atoms with van der Waals surface area (Å²) in [4.78, 5) is 7.97. The topological polar surface area (TPSA) is 25.8 Å². The molecule has 2 heterocycles. The van der Waals surface area contributed by atoms with Crippen molar-refractivity contribution in [3.63, 3.8) is 0 Å². The molecule has 0 bridgehead atoms. The van der Waals surface area contributed by atoms with Gasteiger partial charge in [0.25, 0.3) is 0 Å². The third kappa shape index (κ3) is 1.84. The number of aromatic nitrogens is 2. The predicted octanol–water partition coefficient (Wildman–Crippen LogP) is 2.69. The van der Waals surface area contributed by atoms with Gasteiger partial charge in [-0.2, -0.15) is 0 Å². The minimum absolute atomic E-state index is 0.993. The Labute approximate surface area is 78.7 Å². The first-order valence-electron chi connectivity index (χ1n) is 3.42. The Morgan fingerprint density at radius 3 is 3.00 bits per heavy atom. The van der Waals surface area contributed by atoms with Crippen molar-refractivity contribution in [3.8, 4) is 0 Å². The van der Waals surface area contributed by atoms with Gasteiger partial charge in [-0.15, -0.1) is 11.3 Å². The number of thiophene rings is 1. The fourth-order valence-corrected chi connectivity index (χ4v) is 2.41. The summed E-state index contributed by atoms with van der Waals surface area (Å²) >= 11 is 3.38. The minimum Gasteiger partial charge on any atom is -0.245 e. The van der Waals surface area contributed by atoms with Gasteiger partial charge in [0.2, 0.25) is 0 Å². The van der Waals surface area contributed by atoms with Crippen molar-refractivity contribution >= 4 is 23.1 Å². The monoisotopic (exact) mass is 194 g/mol. The Kier molecular flexibility index (Phi) is 2.39. The van der Waals surface area contributed by atoms with Gasteiger partial charge in [0.1, 0.15) is 11.4 Å². The predicted molar refractivity (Wildman–Crippen MR) is 50.5 cm³/mol. The van der Waals surface area contributed by atoms with Crippen molar-refractivity contribution in [2.75, 3.05) is 0 Å². The van der Waals surface area contributed by atoms with Crippen LogP contribution in [0.15, 0.2) is 45.3 Å². The highest BCUT2D eigenvalue weighted by atomic mass is 32.2. The summed E-state index contributed by atoms with van der Waals surface area (Å²) in [5.41, 5.74) is 0. The summed E-state index contributed by atoms with van der Waals surface area (Å²) in [6, 6.07) is 6.02. The molecule has 0 fully saturated rings. The third-order valence-corrected chi connectivity index (χ3v) is 3.24. The van der Waals surface area contributed by atoms with E-state index in [2.05, 4.69) is 21.4 Å². The van der Waals surface area contributed by atoms with E-state index in [0.29, 0.717) is 0 Å². The summed E-state index contributed by atoms with van der Waals surface area (Å²) < 4.78 is 1.26. The Bertz CT molecular complexity index is 331. The second kappa shape index (κ2) is 3.69. The van der Waals surface area contributed by atoms with Crippen LogP contribution in [0.4, 0.5) is 0 Å². The SMILES string of the molecule is c1csc(Sc2ccncn2)c1. The fraction of sp³-hybridized carbons (Fsp3) is 0. The van der Waals surface area contributed by atoms with E-state index in [9.17, 15) is 0 Å². The Hall–Kier alpha value is -0.870. The summed E-state index contributed by atoms with van der Waals surface area (Å²) in [5, 5.41) is 3.05. The van der Waals surface area contributed by atoms with E-state index in [-0.39, 0.29) is 0 Å². The highest BCUT2D eigenvalue weighted by molar-refractivity contribution is 8.01. The summed E-state index contributed by atoms with van der Waals surface area (Å²) in [5.74, 6) is 0. The number of rotatable bonds is 2. The molecule has 0 saturated carbocycles. The zero-order chi connectivity index (χ0) is 8.23. The van der Waals surface area contributed by atoms with Gasteiger partial charge in [0.05, 0.1) is 4.21 Å². The molecule has 0 aliphatic rings. The lowest BCUT2D eigenvalue weighted by molar-refractivity contribution is 1.05. The summed E-state index contributed by atoms with van der Waals surface area (Å²) in [7, 11) is 0. The Balaban J connectivity index is 2.15. The molecule has 0 aliphatic carbocycles. The van der Waals surface area contributed by atoms with Crippen molar-refractivity contribution in [2.45, 2.75) is 9.24 Å². The first-order chi connectivity index (χ1) is 5.95. The maximum absolute atomic E-state index is 4.11. The van der Waals surface area contributed by atoms with Gasteiger partial charge in [0.15, 0.2) is 0 Å². The van der Waals surface area contributed by atoms with Crippen molar-refractivity contribution in [1.82, 2.24) is 9.97 Å². The molecule has 0 aliphatic heterocycles. The Morgan fingerprint density at radius 2 is 2.33 bits per heavy atom. The lowest BCUT2D eigenvalue weighted by Gasteiger charge is -1.93. The van der Waals surface area contributed by atoms with E-state index < -0.39 is 0 Å². The van der Waals surface area contributed by atoms with Gasteiger partial charge in [-0.3, -0.25) is 0 Å². The minimum atomic E-state index is 0.993. The van der Waals surface area contributed by atoms with Crippen LogP contribution in [0, 0.1) is 0 Å². The van der Waals surface area contributed by atoms with Gasteiger partial charge in [-0.1, -0.05) is 17.8 Å². The molecule has 2 aromatic heterocycles. The molecule has 12 heavy (non-hydrogen) atoms. The fourth-order valence-electron chi connectivity index (χ4n) is 0.764. The van der Waals surface area contributed by atoms with Crippen LogP contribution in [-0.2, 0) is 0 Å². The van der Waals surface area contributed by atoms with Gasteiger partial charge < -0.3 is 0 Å². The number of hydrogen-bond acceptors (Lipinski definition) is 4. The van der Waals surface area contributed by atoms with Crippen molar-refractivity contribution in [3.05, 3.63) is 36.1 Å². The first-order valence-corrected chi connectivity index (χ1v) is 5.12. The van der Waals surface area contributed by atoms with Gasteiger partial charge >= 0.3 is 0 Å². The molecule has 2 nitrogen and oxygen atoms in total. The second-order valence-electron chi connectivity index (χ2n) is 2.08. The molecule has 0 amide bonds. The van der Waals surface area contributed by atoms with Crippen LogP contribution < -0.4 is 0 Å². The largest absolute Gasteiger partial charge is 0.245 e. The quantitative estimate of drug-likeness (QED) is 0.687. The van der Waals surface area contributed by atoms with Crippen LogP contribution >= 0.6 is 23.1 Å². The number of hydrogen-bond donors (Lipinski definition) is 0. The van der Waals surface area contributed by atoms with Crippen molar-refractivity contribution < 1.29 is 0 Å². The maximum Gasteiger partial charge on any atom is 0.116 e. The normalized spacial score (nSPS) is 10.0.